The van der Waals surface area contributed by atoms with Gasteiger partial charge in [-0.25, -0.2) is 4.98 Å². The Balaban J connectivity index is 0.986. The Morgan fingerprint density at radius 1 is 0.889 bits per heavy atom. The highest BCUT2D eigenvalue weighted by Gasteiger charge is 2.70. The number of carboxylic acid groups (broad SMARTS) is 1. The Kier molecular flexibility index (Phi) is 9.39. The summed E-state index contributed by atoms with van der Waals surface area (Å²) in [6, 6.07) is 5.91. The number of fused-ring (bicyclic) bond motifs is 7. The molecular formula is C45H64N4O5. The van der Waals surface area contributed by atoms with Crippen LogP contribution < -0.4 is 0 Å². The van der Waals surface area contributed by atoms with Crippen molar-refractivity contribution < 1.29 is 24.2 Å². The molecular weight excluding hydrogens is 677 g/mol. The third-order valence-electron chi connectivity index (χ3n) is 17.2. The van der Waals surface area contributed by atoms with E-state index in [1.807, 2.05) is 38.2 Å². The van der Waals surface area contributed by atoms with Crippen LogP contribution in [-0.2, 0) is 19.1 Å². The minimum Gasteiger partial charge on any atom is -0.481 e. The van der Waals surface area contributed by atoms with Crippen LogP contribution in [-0.4, -0.2) is 55.5 Å². The second-order valence-electron chi connectivity index (χ2n) is 20.3. The number of rotatable bonds is 8. The van der Waals surface area contributed by atoms with Crippen molar-refractivity contribution in [3.05, 3.63) is 36.4 Å². The lowest BCUT2D eigenvalue weighted by Gasteiger charge is -2.71. The van der Waals surface area contributed by atoms with Crippen molar-refractivity contribution in [1.82, 2.24) is 19.9 Å². The number of imidazole rings is 1. The number of carboxylic acids is 1. The highest BCUT2D eigenvalue weighted by Crippen LogP contribution is 2.76. The lowest BCUT2D eigenvalue weighted by Crippen LogP contribution is -2.66. The van der Waals surface area contributed by atoms with Crippen LogP contribution in [0.15, 0.2) is 30.6 Å². The van der Waals surface area contributed by atoms with Crippen LogP contribution >= 0.6 is 0 Å². The van der Waals surface area contributed by atoms with Gasteiger partial charge in [0.25, 0.3) is 0 Å². The zero-order chi connectivity index (χ0) is 38.3. The SMILES string of the molecule is CC1C(OC(=O)CC(C)(C)CC(=O)O)CCC2(C)C1CCC1(C)C2CCC2C3CCCC3(C(=O)N3CCCC3c3ncc(-c4ccccn4)[nH]3)CC[C@]21C. The van der Waals surface area contributed by atoms with Gasteiger partial charge in [0, 0.05) is 12.7 Å². The third-order valence-corrected chi connectivity index (χ3v) is 17.2. The molecule has 9 nitrogen and oxygen atoms in total. The van der Waals surface area contributed by atoms with Crippen LogP contribution in [0.4, 0.5) is 0 Å². The number of nitrogens with zero attached hydrogens (tertiary/aromatic N) is 3. The molecule has 0 aromatic carbocycles. The van der Waals surface area contributed by atoms with Crippen molar-refractivity contribution in [3.63, 3.8) is 0 Å². The molecule has 6 fully saturated rings. The molecule has 10 unspecified atom stereocenters. The van der Waals surface area contributed by atoms with Crippen molar-refractivity contribution in [1.29, 1.82) is 0 Å². The van der Waals surface area contributed by atoms with Gasteiger partial charge >= 0.3 is 11.9 Å². The molecule has 2 N–H and O–H groups in total. The van der Waals surface area contributed by atoms with Gasteiger partial charge in [-0.2, -0.15) is 0 Å². The van der Waals surface area contributed by atoms with E-state index in [0.717, 1.165) is 81.5 Å². The predicted molar refractivity (Wildman–Crippen MR) is 207 cm³/mol. The number of likely N-dealkylation sites (tertiary alicyclic amines) is 1. The number of aromatic nitrogens is 3. The maximum Gasteiger partial charge on any atom is 0.306 e. The summed E-state index contributed by atoms with van der Waals surface area (Å²) in [7, 11) is 0. The van der Waals surface area contributed by atoms with Crippen LogP contribution in [0.3, 0.4) is 0 Å². The molecule has 294 valence electrons. The van der Waals surface area contributed by atoms with E-state index in [2.05, 4.69) is 42.6 Å². The molecule has 0 bridgehead atoms. The van der Waals surface area contributed by atoms with Gasteiger partial charge in [-0.1, -0.05) is 54.0 Å². The lowest BCUT2D eigenvalue weighted by atomic mass is 9.33. The van der Waals surface area contributed by atoms with Gasteiger partial charge in [-0.3, -0.25) is 19.4 Å². The molecule has 8 rings (SSSR count). The zero-order valence-electron chi connectivity index (χ0n) is 33.7. The van der Waals surface area contributed by atoms with Gasteiger partial charge in [-0.05, 0) is 140 Å². The second-order valence-corrected chi connectivity index (χ2v) is 20.3. The molecule has 1 aliphatic heterocycles. The Hall–Kier alpha value is -3.23. The number of aromatic amines is 1. The molecule has 2 aromatic heterocycles. The van der Waals surface area contributed by atoms with Gasteiger partial charge in [0.05, 0.1) is 41.9 Å². The summed E-state index contributed by atoms with van der Waals surface area (Å²) in [5.41, 5.74) is 1.47. The molecule has 0 spiro atoms. The fourth-order valence-electron chi connectivity index (χ4n) is 14.5. The summed E-state index contributed by atoms with van der Waals surface area (Å²) < 4.78 is 6.19. The van der Waals surface area contributed by atoms with Gasteiger partial charge in [-0.15, -0.1) is 0 Å². The summed E-state index contributed by atoms with van der Waals surface area (Å²) in [6.07, 6.45) is 17.8. The molecule has 54 heavy (non-hydrogen) atoms. The number of pyridine rings is 1. The average Bonchev–Trinajstić information content (AvgIpc) is 3.90. The molecule has 1 amide bonds. The number of nitrogens with one attached hydrogen (secondary N) is 1. The number of amides is 1. The topological polar surface area (TPSA) is 125 Å². The van der Waals surface area contributed by atoms with Gasteiger partial charge < -0.3 is 19.7 Å². The summed E-state index contributed by atoms with van der Waals surface area (Å²) in [5, 5.41) is 9.32. The molecule has 9 heteroatoms. The quantitative estimate of drug-likeness (QED) is 0.258. The molecule has 0 radical (unpaired) electrons. The van der Waals surface area contributed by atoms with E-state index in [9.17, 15) is 14.7 Å². The first-order valence-electron chi connectivity index (χ1n) is 21.3. The van der Waals surface area contributed by atoms with E-state index in [4.69, 9.17) is 9.72 Å². The normalized spacial score (nSPS) is 40.3. The third kappa shape index (κ3) is 5.86. The Morgan fingerprint density at radius 2 is 1.70 bits per heavy atom. The standard InChI is InChI=1S/C45H64N4O5/c1-28-29-16-20-44(6)36(42(29,4)19-17-35(28)54-38(52)26-41(2,3)25-37(50)51)15-14-30-31-11-9-18-45(31,22-21-43(30,44)5)40(53)49-24-10-13-34(49)39-47-27-33(48-39)32-12-7-8-23-46-32/h7-8,12,23,27-31,34-36H,9-11,13-22,24-26H2,1-6H3,(H,47,48)(H,50,51)/t28?,29?,30?,31?,34?,35?,36?,42?,43-,44?,45?/m1/s1. The first-order valence-corrected chi connectivity index (χ1v) is 21.3. The average molecular weight is 741 g/mol. The molecule has 6 aliphatic rings. The first-order chi connectivity index (χ1) is 25.6. The Bertz CT molecular complexity index is 1760. The van der Waals surface area contributed by atoms with Crippen LogP contribution in [0.1, 0.15) is 150 Å². The summed E-state index contributed by atoms with van der Waals surface area (Å²) >= 11 is 0. The molecule has 3 heterocycles. The fraction of sp³-hybridized carbons (Fsp3) is 0.756. The molecule has 5 saturated carbocycles. The van der Waals surface area contributed by atoms with Crippen LogP contribution in [0.5, 0.6) is 0 Å². The highest BCUT2D eigenvalue weighted by atomic mass is 16.5. The van der Waals surface area contributed by atoms with Crippen molar-refractivity contribution in [3.8, 4) is 11.4 Å². The monoisotopic (exact) mass is 740 g/mol. The van der Waals surface area contributed by atoms with Gasteiger partial charge in [0.2, 0.25) is 5.91 Å². The number of carbonyl (C=O) groups excluding carboxylic acids is 2. The number of hydrogen-bond acceptors (Lipinski definition) is 6. The number of carbonyl (C=O) groups is 3. The van der Waals surface area contributed by atoms with Crippen LogP contribution in [0, 0.1) is 56.7 Å². The largest absolute Gasteiger partial charge is 0.481 e. The maximum atomic E-state index is 15.1. The molecule has 2 aromatic rings. The summed E-state index contributed by atoms with van der Waals surface area (Å²) in [4.78, 5) is 54.7. The van der Waals surface area contributed by atoms with E-state index < -0.39 is 11.4 Å². The van der Waals surface area contributed by atoms with E-state index >= 15 is 4.79 Å². The first kappa shape index (κ1) is 37.7. The molecule has 11 atom stereocenters. The van der Waals surface area contributed by atoms with E-state index in [0.29, 0.717) is 29.6 Å². The van der Waals surface area contributed by atoms with Crippen molar-refractivity contribution in [2.45, 2.75) is 150 Å². The Morgan fingerprint density at radius 3 is 2.46 bits per heavy atom. The number of aliphatic carboxylic acids is 1. The minimum atomic E-state index is -0.882. The number of hydrogen-bond donors (Lipinski definition) is 2. The Labute approximate surface area is 322 Å². The minimum absolute atomic E-state index is 0.00463. The molecule has 5 aliphatic carbocycles. The van der Waals surface area contributed by atoms with Gasteiger partial charge in [0.15, 0.2) is 0 Å². The highest BCUT2D eigenvalue weighted by molar-refractivity contribution is 5.84. The zero-order valence-corrected chi connectivity index (χ0v) is 33.7. The fourth-order valence-corrected chi connectivity index (χ4v) is 14.5. The number of esters is 1. The van der Waals surface area contributed by atoms with Crippen molar-refractivity contribution in [2.75, 3.05) is 6.54 Å². The number of ether oxygens (including phenoxy) is 1. The van der Waals surface area contributed by atoms with Crippen molar-refractivity contribution >= 4 is 17.8 Å². The van der Waals surface area contributed by atoms with Crippen LogP contribution in [0.2, 0.25) is 0 Å². The second kappa shape index (κ2) is 13.5. The summed E-state index contributed by atoms with van der Waals surface area (Å²) in [6.45, 7) is 14.6. The van der Waals surface area contributed by atoms with Gasteiger partial charge in [0.1, 0.15) is 11.9 Å². The maximum absolute atomic E-state index is 15.1. The van der Waals surface area contributed by atoms with Crippen LogP contribution in [0.25, 0.3) is 11.4 Å². The predicted octanol–water partition coefficient (Wildman–Crippen LogP) is 9.40. The van der Waals surface area contributed by atoms with E-state index in [1.54, 1.807) is 6.20 Å². The smallest absolute Gasteiger partial charge is 0.306 e. The van der Waals surface area contributed by atoms with Crippen molar-refractivity contribution in [2.24, 2.45) is 56.7 Å². The van der Waals surface area contributed by atoms with E-state index in [-0.39, 0.29) is 58.5 Å². The summed E-state index contributed by atoms with van der Waals surface area (Å²) in [5.74, 6) is 2.54. The van der Waals surface area contributed by atoms with E-state index in [1.165, 1.54) is 25.7 Å². The number of H-pyrrole nitrogens is 1. The lowest BCUT2D eigenvalue weighted by molar-refractivity contribution is -0.235. The molecule has 1 saturated heterocycles.